The summed E-state index contributed by atoms with van der Waals surface area (Å²) in [6.07, 6.45) is 7.14. The van der Waals surface area contributed by atoms with Crippen molar-refractivity contribution in [1.82, 2.24) is 0 Å². The second-order valence-corrected chi connectivity index (χ2v) is 6.91. The van der Waals surface area contributed by atoms with E-state index in [0.717, 1.165) is 45.1 Å². The molecule has 4 unspecified atom stereocenters. The molecule has 1 N–H and O–H groups in total. The SMILES string of the molecule is CCCCC(F)(F)C(O)CCC1[CH]CCC1OC1CCCCO1. The molecule has 0 aromatic rings. The average molecular weight is 333 g/mol. The van der Waals surface area contributed by atoms with E-state index in [0.29, 0.717) is 12.8 Å². The number of aliphatic hydroxyl groups is 1. The van der Waals surface area contributed by atoms with E-state index in [1.807, 2.05) is 6.92 Å². The van der Waals surface area contributed by atoms with Crippen molar-refractivity contribution in [2.45, 2.75) is 95.6 Å². The zero-order chi connectivity index (χ0) is 16.7. The lowest BCUT2D eigenvalue weighted by atomic mass is 9.94. The minimum Gasteiger partial charge on any atom is -0.387 e. The van der Waals surface area contributed by atoms with Gasteiger partial charge >= 0.3 is 0 Å². The second-order valence-electron chi connectivity index (χ2n) is 6.91. The van der Waals surface area contributed by atoms with Gasteiger partial charge in [0.25, 0.3) is 5.92 Å². The van der Waals surface area contributed by atoms with E-state index in [4.69, 9.17) is 9.47 Å². The number of ether oxygens (including phenoxy) is 2. The Balaban J connectivity index is 1.74. The Bertz CT molecular complexity index is 332. The Hall–Kier alpha value is -0.260. The third kappa shape index (κ3) is 5.95. The predicted octanol–water partition coefficient (Wildman–Crippen LogP) is 4.48. The summed E-state index contributed by atoms with van der Waals surface area (Å²) in [4.78, 5) is 0. The van der Waals surface area contributed by atoms with Gasteiger partial charge in [-0.1, -0.05) is 13.3 Å². The third-order valence-electron chi connectivity index (χ3n) is 4.99. The number of aliphatic hydroxyl groups excluding tert-OH is 1. The van der Waals surface area contributed by atoms with Crippen molar-refractivity contribution in [3.05, 3.63) is 6.42 Å². The van der Waals surface area contributed by atoms with E-state index in [-0.39, 0.29) is 31.2 Å². The monoisotopic (exact) mass is 333 g/mol. The second kappa shape index (κ2) is 9.28. The molecule has 1 aliphatic heterocycles. The van der Waals surface area contributed by atoms with Crippen LogP contribution in [0.5, 0.6) is 0 Å². The minimum atomic E-state index is -2.97. The van der Waals surface area contributed by atoms with Crippen molar-refractivity contribution in [2.75, 3.05) is 6.61 Å². The van der Waals surface area contributed by atoms with Crippen LogP contribution in [-0.4, -0.2) is 36.1 Å². The van der Waals surface area contributed by atoms with Crippen LogP contribution < -0.4 is 0 Å². The minimum absolute atomic E-state index is 0.0505. The molecule has 2 rings (SSSR count). The molecule has 4 atom stereocenters. The lowest BCUT2D eigenvalue weighted by Gasteiger charge is -2.29. The quantitative estimate of drug-likeness (QED) is 0.676. The molecular formula is C18H31F2O3. The van der Waals surface area contributed by atoms with Crippen LogP contribution >= 0.6 is 0 Å². The highest BCUT2D eigenvalue weighted by atomic mass is 19.3. The Morgan fingerprint density at radius 1 is 1.35 bits per heavy atom. The van der Waals surface area contributed by atoms with Crippen LogP contribution in [0.1, 0.15) is 71.1 Å². The summed E-state index contributed by atoms with van der Waals surface area (Å²) in [6.45, 7) is 2.62. The number of hydrogen-bond donors (Lipinski definition) is 1. The van der Waals surface area contributed by atoms with Crippen LogP contribution in [-0.2, 0) is 9.47 Å². The van der Waals surface area contributed by atoms with Crippen LogP contribution in [0.15, 0.2) is 0 Å². The molecule has 23 heavy (non-hydrogen) atoms. The Morgan fingerprint density at radius 3 is 2.87 bits per heavy atom. The number of halogens is 2. The van der Waals surface area contributed by atoms with Crippen molar-refractivity contribution < 1.29 is 23.4 Å². The first kappa shape index (κ1) is 19.1. The van der Waals surface area contributed by atoms with Gasteiger partial charge in [-0.05, 0) is 63.7 Å². The van der Waals surface area contributed by atoms with Gasteiger partial charge in [0.15, 0.2) is 6.29 Å². The van der Waals surface area contributed by atoms with E-state index in [2.05, 4.69) is 6.42 Å². The smallest absolute Gasteiger partial charge is 0.273 e. The normalized spacial score (nSPS) is 30.5. The van der Waals surface area contributed by atoms with Gasteiger partial charge in [0, 0.05) is 13.0 Å². The maximum atomic E-state index is 13.8. The summed E-state index contributed by atoms with van der Waals surface area (Å²) in [5, 5.41) is 9.84. The van der Waals surface area contributed by atoms with Crippen molar-refractivity contribution in [3.63, 3.8) is 0 Å². The van der Waals surface area contributed by atoms with E-state index in [9.17, 15) is 13.9 Å². The highest BCUT2D eigenvalue weighted by Gasteiger charge is 2.39. The van der Waals surface area contributed by atoms with Crippen molar-refractivity contribution in [1.29, 1.82) is 0 Å². The standard InChI is InChI=1S/C18H31F2O3/c1-2-3-12-18(19,20)16(21)11-10-14-7-6-8-15(14)23-17-9-4-5-13-22-17/h7,14-17,21H,2-6,8-13H2,1H3. The molecule has 3 nitrogen and oxygen atoms in total. The van der Waals surface area contributed by atoms with E-state index in [1.54, 1.807) is 0 Å². The Morgan fingerprint density at radius 2 is 2.17 bits per heavy atom. The van der Waals surface area contributed by atoms with Crippen LogP contribution in [0, 0.1) is 12.3 Å². The topological polar surface area (TPSA) is 38.7 Å². The molecule has 1 saturated carbocycles. The van der Waals surface area contributed by atoms with Gasteiger partial charge in [0.2, 0.25) is 0 Å². The molecule has 135 valence electrons. The van der Waals surface area contributed by atoms with Crippen molar-refractivity contribution >= 4 is 0 Å². The molecular weight excluding hydrogens is 302 g/mol. The maximum Gasteiger partial charge on any atom is 0.273 e. The first-order valence-electron chi connectivity index (χ1n) is 9.19. The Labute approximate surface area is 138 Å². The molecule has 2 fully saturated rings. The summed E-state index contributed by atoms with van der Waals surface area (Å²) < 4.78 is 39.3. The van der Waals surface area contributed by atoms with Crippen molar-refractivity contribution in [3.8, 4) is 0 Å². The summed E-state index contributed by atoms with van der Waals surface area (Å²) in [5.41, 5.74) is 0. The van der Waals surface area contributed by atoms with Gasteiger partial charge in [-0.2, -0.15) is 0 Å². The van der Waals surface area contributed by atoms with E-state index in [1.165, 1.54) is 0 Å². The lowest BCUT2D eigenvalue weighted by molar-refractivity contribution is -0.194. The molecule has 0 bridgehead atoms. The van der Waals surface area contributed by atoms with Crippen LogP contribution in [0.3, 0.4) is 0 Å². The molecule has 0 spiro atoms. The average Bonchev–Trinajstić information content (AvgIpc) is 2.98. The molecule has 0 amide bonds. The van der Waals surface area contributed by atoms with E-state index >= 15 is 0 Å². The molecule has 5 heteroatoms. The molecule has 0 aromatic heterocycles. The number of rotatable bonds is 9. The zero-order valence-corrected chi connectivity index (χ0v) is 14.2. The van der Waals surface area contributed by atoms with E-state index < -0.39 is 12.0 Å². The van der Waals surface area contributed by atoms with Gasteiger partial charge in [0.05, 0.1) is 6.10 Å². The number of hydrogen-bond acceptors (Lipinski definition) is 3. The highest BCUT2D eigenvalue weighted by molar-refractivity contribution is 4.92. The maximum absolute atomic E-state index is 13.8. The molecule has 1 radical (unpaired) electrons. The van der Waals surface area contributed by atoms with Crippen molar-refractivity contribution in [2.24, 2.45) is 5.92 Å². The highest BCUT2D eigenvalue weighted by Crippen LogP contribution is 2.35. The number of unbranched alkanes of at least 4 members (excludes halogenated alkanes) is 1. The fraction of sp³-hybridized carbons (Fsp3) is 0.944. The number of alkyl halides is 2. The first-order chi connectivity index (χ1) is 11.0. The van der Waals surface area contributed by atoms with Crippen LogP contribution in [0.4, 0.5) is 8.78 Å². The summed E-state index contributed by atoms with van der Waals surface area (Å²) in [5.74, 6) is -2.82. The summed E-state index contributed by atoms with van der Waals surface area (Å²) in [7, 11) is 0. The zero-order valence-electron chi connectivity index (χ0n) is 14.2. The van der Waals surface area contributed by atoms with Crippen LogP contribution in [0.25, 0.3) is 0 Å². The molecule has 1 saturated heterocycles. The predicted molar refractivity (Wildman–Crippen MR) is 85.2 cm³/mol. The summed E-state index contributed by atoms with van der Waals surface area (Å²) in [6, 6.07) is 0. The summed E-state index contributed by atoms with van der Waals surface area (Å²) >= 11 is 0. The van der Waals surface area contributed by atoms with Gasteiger partial charge in [0.1, 0.15) is 6.10 Å². The first-order valence-corrected chi connectivity index (χ1v) is 9.19. The van der Waals surface area contributed by atoms with Gasteiger partial charge < -0.3 is 14.6 Å². The fourth-order valence-electron chi connectivity index (χ4n) is 3.47. The van der Waals surface area contributed by atoms with Gasteiger partial charge in [-0.15, -0.1) is 0 Å². The van der Waals surface area contributed by atoms with Gasteiger partial charge in [-0.25, -0.2) is 8.78 Å². The molecule has 0 aromatic carbocycles. The third-order valence-corrected chi connectivity index (χ3v) is 4.99. The van der Waals surface area contributed by atoms with Gasteiger partial charge in [-0.3, -0.25) is 0 Å². The largest absolute Gasteiger partial charge is 0.387 e. The Kier molecular flexibility index (Phi) is 7.70. The van der Waals surface area contributed by atoms with Crippen LogP contribution in [0.2, 0.25) is 0 Å². The fourth-order valence-corrected chi connectivity index (χ4v) is 3.47. The lowest BCUT2D eigenvalue weighted by Crippen LogP contribution is -2.35. The molecule has 2 aliphatic rings. The molecule has 1 aliphatic carbocycles. The molecule has 1 heterocycles.